The molecule has 0 aliphatic heterocycles. The monoisotopic (exact) mass is 221 g/mol. The molecule has 86 valence electrons. The van der Waals surface area contributed by atoms with Gasteiger partial charge in [-0.3, -0.25) is 0 Å². The van der Waals surface area contributed by atoms with E-state index in [0.29, 0.717) is 6.04 Å². The molecule has 0 aromatic heterocycles. The van der Waals surface area contributed by atoms with Crippen molar-refractivity contribution in [3.8, 4) is 0 Å². The number of aliphatic hydroxyl groups is 2. The van der Waals surface area contributed by atoms with Crippen molar-refractivity contribution in [1.29, 1.82) is 0 Å². The van der Waals surface area contributed by atoms with E-state index in [1.807, 2.05) is 11.8 Å². The zero-order valence-electron chi connectivity index (χ0n) is 9.58. The number of nitrogens with one attached hydrogen (secondary N) is 1. The van der Waals surface area contributed by atoms with Gasteiger partial charge in [-0.05, 0) is 6.92 Å². The first kappa shape index (κ1) is 14.2. The van der Waals surface area contributed by atoms with Crippen LogP contribution in [-0.2, 0) is 0 Å². The maximum atomic E-state index is 8.87. The molecule has 0 heterocycles. The van der Waals surface area contributed by atoms with E-state index in [1.54, 1.807) is 0 Å². The quantitative estimate of drug-likeness (QED) is 0.622. The van der Waals surface area contributed by atoms with Crippen LogP contribution in [0.25, 0.3) is 0 Å². The van der Waals surface area contributed by atoms with Gasteiger partial charge in [0.25, 0.3) is 0 Å². The van der Waals surface area contributed by atoms with Crippen LogP contribution in [0.5, 0.6) is 0 Å². The summed E-state index contributed by atoms with van der Waals surface area (Å²) in [7, 11) is 0. The molecule has 0 aliphatic carbocycles. The Morgan fingerprint density at radius 3 is 2.07 bits per heavy atom. The minimum absolute atomic E-state index is 0.0129. The van der Waals surface area contributed by atoms with Gasteiger partial charge in [0.1, 0.15) is 0 Å². The predicted molar refractivity (Wildman–Crippen MR) is 62.8 cm³/mol. The Morgan fingerprint density at radius 2 is 1.71 bits per heavy atom. The number of thioether (sulfide) groups is 1. The highest BCUT2D eigenvalue weighted by Gasteiger charge is 2.15. The molecule has 0 aromatic carbocycles. The van der Waals surface area contributed by atoms with E-state index < -0.39 is 0 Å². The van der Waals surface area contributed by atoms with Crippen molar-refractivity contribution in [3.05, 3.63) is 0 Å². The minimum Gasteiger partial charge on any atom is -0.395 e. The second kappa shape index (κ2) is 6.67. The van der Waals surface area contributed by atoms with Crippen molar-refractivity contribution in [3.63, 3.8) is 0 Å². The summed E-state index contributed by atoms with van der Waals surface area (Å²) in [5.74, 6) is 0.986. The number of aliphatic hydroxyl groups excluding tert-OH is 2. The molecule has 0 aliphatic rings. The molecule has 14 heavy (non-hydrogen) atoms. The number of hydrogen-bond donors (Lipinski definition) is 3. The van der Waals surface area contributed by atoms with Crippen molar-refractivity contribution in [2.45, 2.75) is 44.5 Å². The third-order valence-electron chi connectivity index (χ3n) is 1.73. The van der Waals surface area contributed by atoms with Gasteiger partial charge >= 0.3 is 0 Å². The van der Waals surface area contributed by atoms with Crippen LogP contribution in [0.4, 0.5) is 0 Å². The van der Waals surface area contributed by atoms with Crippen LogP contribution in [0.3, 0.4) is 0 Å². The van der Waals surface area contributed by atoms with Crippen LogP contribution < -0.4 is 5.32 Å². The largest absolute Gasteiger partial charge is 0.395 e. The van der Waals surface area contributed by atoms with Crippen molar-refractivity contribution in [2.24, 2.45) is 0 Å². The van der Waals surface area contributed by atoms with E-state index >= 15 is 0 Å². The van der Waals surface area contributed by atoms with Crippen LogP contribution in [-0.4, -0.2) is 46.0 Å². The molecule has 0 fully saturated rings. The summed E-state index contributed by atoms with van der Waals surface area (Å²) in [6.07, 6.45) is 0. The molecule has 0 bridgehead atoms. The second-order valence-electron chi connectivity index (χ2n) is 4.55. The molecule has 0 aromatic rings. The van der Waals surface area contributed by atoms with Gasteiger partial charge in [-0.25, -0.2) is 0 Å². The molecule has 0 spiro atoms. The predicted octanol–water partition coefficient (Wildman–Crippen LogP) is 0.849. The van der Waals surface area contributed by atoms with E-state index in [1.165, 1.54) is 0 Å². The van der Waals surface area contributed by atoms with Gasteiger partial charge in [0.2, 0.25) is 0 Å². The SMILES string of the molecule is CC(CSC(C)(C)C)NC(CO)CO. The highest BCUT2D eigenvalue weighted by Crippen LogP contribution is 2.23. The average molecular weight is 221 g/mol. The first-order valence-electron chi connectivity index (χ1n) is 5.00. The summed E-state index contributed by atoms with van der Waals surface area (Å²) in [5, 5.41) is 20.9. The number of rotatable bonds is 6. The van der Waals surface area contributed by atoms with E-state index in [-0.39, 0.29) is 24.0 Å². The Morgan fingerprint density at radius 1 is 1.21 bits per heavy atom. The van der Waals surface area contributed by atoms with E-state index in [4.69, 9.17) is 10.2 Å². The van der Waals surface area contributed by atoms with Crippen LogP contribution in [0, 0.1) is 0 Å². The van der Waals surface area contributed by atoms with Crippen molar-refractivity contribution >= 4 is 11.8 Å². The van der Waals surface area contributed by atoms with Crippen molar-refractivity contribution in [2.75, 3.05) is 19.0 Å². The highest BCUT2D eigenvalue weighted by molar-refractivity contribution is 8.00. The molecule has 0 rings (SSSR count). The third-order valence-corrected chi connectivity index (χ3v) is 3.26. The Kier molecular flexibility index (Phi) is 6.78. The van der Waals surface area contributed by atoms with E-state index in [2.05, 4.69) is 33.0 Å². The van der Waals surface area contributed by atoms with Crippen LogP contribution in [0.15, 0.2) is 0 Å². The molecule has 0 saturated heterocycles. The first-order chi connectivity index (χ1) is 6.39. The van der Waals surface area contributed by atoms with Gasteiger partial charge in [-0.1, -0.05) is 20.8 Å². The molecule has 3 N–H and O–H groups in total. The van der Waals surface area contributed by atoms with Crippen molar-refractivity contribution in [1.82, 2.24) is 5.32 Å². The zero-order chi connectivity index (χ0) is 11.2. The summed E-state index contributed by atoms with van der Waals surface area (Å²) in [4.78, 5) is 0. The summed E-state index contributed by atoms with van der Waals surface area (Å²) in [6, 6.07) is 0.120. The standard InChI is InChI=1S/C10H23NO2S/c1-8(7-14-10(2,3)4)11-9(5-12)6-13/h8-9,11-13H,5-7H2,1-4H3. The molecule has 0 radical (unpaired) electrons. The molecule has 4 heteroatoms. The van der Waals surface area contributed by atoms with Gasteiger partial charge < -0.3 is 15.5 Å². The lowest BCUT2D eigenvalue weighted by Gasteiger charge is -2.24. The summed E-state index contributed by atoms with van der Waals surface area (Å²) >= 11 is 1.88. The third kappa shape index (κ3) is 7.62. The first-order valence-corrected chi connectivity index (χ1v) is 5.99. The molecular weight excluding hydrogens is 198 g/mol. The van der Waals surface area contributed by atoms with Crippen molar-refractivity contribution < 1.29 is 10.2 Å². The van der Waals surface area contributed by atoms with Gasteiger partial charge in [0.15, 0.2) is 0 Å². The Balaban J connectivity index is 3.69. The van der Waals surface area contributed by atoms with Gasteiger partial charge in [0.05, 0.1) is 19.3 Å². The Labute approximate surface area is 91.3 Å². The number of hydrogen-bond acceptors (Lipinski definition) is 4. The fourth-order valence-corrected chi connectivity index (χ4v) is 1.83. The molecule has 0 saturated carbocycles. The normalized spacial score (nSPS) is 14.8. The smallest absolute Gasteiger partial charge is 0.0607 e. The van der Waals surface area contributed by atoms with Crippen LogP contribution in [0.2, 0.25) is 0 Å². The average Bonchev–Trinajstić information content (AvgIpc) is 2.09. The highest BCUT2D eigenvalue weighted by atomic mass is 32.2. The lowest BCUT2D eigenvalue weighted by atomic mass is 10.2. The van der Waals surface area contributed by atoms with Gasteiger partial charge in [-0.15, -0.1) is 0 Å². The lowest BCUT2D eigenvalue weighted by molar-refractivity contribution is 0.165. The van der Waals surface area contributed by atoms with Gasteiger partial charge in [-0.2, -0.15) is 11.8 Å². The Hall–Kier alpha value is 0.230. The molecule has 1 atom stereocenters. The topological polar surface area (TPSA) is 52.5 Å². The fraction of sp³-hybridized carbons (Fsp3) is 1.00. The molecule has 0 amide bonds. The maximum Gasteiger partial charge on any atom is 0.0607 e. The van der Waals surface area contributed by atoms with E-state index in [0.717, 1.165) is 5.75 Å². The zero-order valence-corrected chi connectivity index (χ0v) is 10.4. The molecule has 3 nitrogen and oxygen atoms in total. The fourth-order valence-electron chi connectivity index (χ4n) is 0.989. The molecular formula is C10H23NO2S. The minimum atomic E-state index is -0.189. The summed E-state index contributed by atoms with van der Waals surface area (Å²) in [5.41, 5.74) is 0. The van der Waals surface area contributed by atoms with Gasteiger partial charge in [0, 0.05) is 16.5 Å². The van der Waals surface area contributed by atoms with Crippen LogP contribution in [0.1, 0.15) is 27.7 Å². The molecule has 1 unspecified atom stereocenters. The lowest BCUT2D eigenvalue weighted by Crippen LogP contribution is -2.43. The maximum absolute atomic E-state index is 8.87. The van der Waals surface area contributed by atoms with Crippen LogP contribution >= 0.6 is 11.8 Å². The Bertz CT molecular complexity index is 144. The van der Waals surface area contributed by atoms with E-state index in [9.17, 15) is 0 Å². The summed E-state index contributed by atoms with van der Waals surface area (Å²) in [6.45, 7) is 8.58. The second-order valence-corrected chi connectivity index (χ2v) is 6.40. The summed E-state index contributed by atoms with van der Waals surface area (Å²) < 4.78 is 0.268.